The van der Waals surface area contributed by atoms with Crippen LogP contribution < -0.4 is 15.8 Å². The summed E-state index contributed by atoms with van der Waals surface area (Å²) >= 11 is 0. The minimum Gasteiger partial charge on any atom is -0.508 e. The molecule has 2 heterocycles. The lowest BCUT2D eigenvalue weighted by Crippen LogP contribution is -2.35. The summed E-state index contributed by atoms with van der Waals surface area (Å²) < 4.78 is 6.01. The quantitative estimate of drug-likeness (QED) is 0.0350. The highest BCUT2D eigenvalue weighted by Gasteiger charge is 2.25. The molecular formula is C42H51N3O6. The maximum atomic E-state index is 13.4. The molecule has 4 aromatic rings. The Hall–Kier alpha value is -4.70. The zero-order valence-corrected chi connectivity index (χ0v) is 29.4. The molecule has 0 fully saturated rings. The van der Waals surface area contributed by atoms with Gasteiger partial charge in [0, 0.05) is 55.2 Å². The van der Waals surface area contributed by atoms with E-state index >= 15 is 0 Å². The summed E-state index contributed by atoms with van der Waals surface area (Å²) in [7, 11) is 0. The molecule has 3 aromatic carbocycles. The highest BCUT2D eigenvalue weighted by molar-refractivity contribution is 5.96. The molecular weight excluding hydrogens is 642 g/mol. The molecule has 9 nitrogen and oxygen atoms in total. The van der Waals surface area contributed by atoms with E-state index in [0.717, 1.165) is 72.9 Å². The van der Waals surface area contributed by atoms with Crippen molar-refractivity contribution in [3.63, 3.8) is 0 Å². The predicted molar refractivity (Wildman–Crippen MR) is 199 cm³/mol. The van der Waals surface area contributed by atoms with Crippen LogP contribution in [0.1, 0.15) is 108 Å². The third-order valence-electron chi connectivity index (χ3n) is 9.57. The van der Waals surface area contributed by atoms with E-state index in [2.05, 4.69) is 16.4 Å². The van der Waals surface area contributed by atoms with E-state index in [-0.39, 0.29) is 54.3 Å². The molecule has 1 aliphatic heterocycles. The van der Waals surface area contributed by atoms with Crippen molar-refractivity contribution in [1.29, 1.82) is 0 Å². The number of benzene rings is 3. The molecule has 0 amide bonds. The first kappa shape index (κ1) is 37.6. The predicted octanol–water partition coefficient (Wildman–Crippen LogP) is 6.94. The summed E-state index contributed by atoms with van der Waals surface area (Å²) in [5, 5.41) is 34.2. The highest BCUT2D eigenvalue weighted by atomic mass is 16.5. The monoisotopic (exact) mass is 693 g/mol. The second-order valence-corrected chi connectivity index (χ2v) is 13.6. The molecule has 3 atom stereocenters. The van der Waals surface area contributed by atoms with Gasteiger partial charge in [0.25, 0.3) is 0 Å². The number of nitrogens with one attached hydrogen (secondary N) is 2. The van der Waals surface area contributed by atoms with E-state index < -0.39 is 0 Å². The van der Waals surface area contributed by atoms with Crippen molar-refractivity contribution in [2.45, 2.75) is 89.3 Å². The highest BCUT2D eigenvalue weighted by Crippen LogP contribution is 2.37. The summed E-state index contributed by atoms with van der Waals surface area (Å²) in [4.78, 5) is 28.7. The number of allylic oxidation sites excluding steroid dienone is 2. The first-order valence-corrected chi connectivity index (χ1v) is 18.1. The Balaban J connectivity index is 1.21. The van der Waals surface area contributed by atoms with Crippen LogP contribution in [0.2, 0.25) is 0 Å². The molecule has 0 aliphatic carbocycles. The molecule has 51 heavy (non-hydrogen) atoms. The van der Waals surface area contributed by atoms with E-state index in [1.807, 2.05) is 30.3 Å². The van der Waals surface area contributed by atoms with E-state index in [0.29, 0.717) is 36.1 Å². The van der Waals surface area contributed by atoms with Crippen molar-refractivity contribution in [2.24, 2.45) is 5.73 Å². The van der Waals surface area contributed by atoms with Gasteiger partial charge in [-0.3, -0.25) is 14.9 Å². The van der Waals surface area contributed by atoms with Gasteiger partial charge in [0.2, 0.25) is 0 Å². The minimum atomic E-state index is -0.385. The molecule has 0 unspecified atom stereocenters. The third-order valence-corrected chi connectivity index (χ3v) is 9.57. The molecule has 1 aromatic heterocycles. The van der Waals surface area contributed by atoms with Crippen LogP contribution in [0.15, 0.2) is 85.2 Å². The molecule has 7 N–H and O–H groups in total. The van der Waals surface area contributed by atoms with Gasteiger partial charge < -0.3 is 30.8 Å². The van der Waals surface area contributed by atoms with E-state index in [4.69, 9.17) is 10.5 Å². The molecule has 0 saturated carbocycles. The number of aryl methyl sites for hydroxylation is 1. The number of phenolic OH excluding ortho intramolecular Hbond substituents is 2. The molecule has 0 spiro atoms. The number of aromatic nitrogens is 1. The molecule has 270 valence electrons. The lowest BCUT2D eigenvalue weighted by Gasteiger charge is -2.26. The fourth-order valence-corrected chi connectivity index (χ4v) is 6.63. The Bertz CT molecular complexity index is 1780. The normalized spacial score (nSPS) is 15.4. The van der Waals surface area contributed by atoms with E-state index in [9.17, 15) is 24.9 Å². The lowest BCUT2D eigenvalue weighted by molar-refractivity contribution is -0.114. The molecule has 0 saturated heterocycles. The summed E-state index contributed by atoms with van der Waals surface area (Å²) in [6.07, 6.45) is 13.6. The van der Waals surface area contributed by atoms with Crippen LogP contribution in [0.3, 0.4) is 0 Å². The van der Waals surface area contributed by atoms with Crippen LogP contribution in [0.25, 0.3) is 0 Å². The van der Waals surface area contributed by atoms with Gasteiger partial charge in [0.1, 0.15) is 5.75 Å². The molecule has 1 aliphatic rings. The number of rotatable bonds is 19. The number of nitrogens with two attached hydrogens (primary N) is 1. The van der Waals surface area contributed by atoms with Gasteiger partial charge >= 0.3 is 0 Å². The maximum Gasteiger partial charge on any atom is 0.165 e. The number of hydrogen-bond donors (Lipinski definition) is 6. The number of aromatic amines is 1. The Morgan fingerprint density at radius 1 is 0.980 bits per heavy atom. The van der Waals surface area contributed by atoms with Crippen LogP contribution in [0, 0.1) is 0 Å². The molecule has 5 rings (SSSR count). The van der Waals surface area contributed by atoms with Gasteiger partial charge in [-0.2, -0.15) is 0 Å². The zero-order valence-electron chi connectivity index (χ0n) is 29.4. The van der Waals surface area contributed by atoms with Gasteiger partial charge in [0.15, 0.2) is 23.1 Å². The van der Waals surface area contributed by atoms with Crippen molar-refractivity contribution in [1.82, 2.24) is 10.3 Å². The van der Waals surface area contributed by atoms with Crippen molar-refractivity contribution >= 4 is 11.6 Å². The minimum absolute atomic E-state index is 0.0256. The van der Waals surface area contributed by atoms with Gasteiger partial charge in [-0.1, -0.05) is 55.3 Å². The number of unbranched alkanes of at least 4 members (excludes halogenated alkanes) is 3. The van der Waals surface area contributed by atoms with Gasteiger partial charge in [-0.05, 0) is 97.2 Å². The zero-order chi connectivity index (χ0) is 36.2. The van der Waals surface area contributed by atoms with Crippen LogP contribution in [0.5, 0.6) is 17.2 Å². The Kier molecular flexibility index (Phi) is 13.6. The number of phenols is 2. The number of aliphatic hydroxyl groups is 1. The number of aliphatic hydroxyl groups excluding tert-OH is 1. The number of carbonyl (C=O) groups excluding carboxylic acids is 2. The molecule has 9 heteroatoms. The maximum absolute atomic E-state index is 13.4. The lowest BCUT2D eigenvalue weighted by atomic mass is 9.82. The van der Waals surface area contributed by atoms with Crippen LogP contribution in [0.4, 0.5) is 0 Å². The van der Waals surface area contributed by atoms with Crippen molar-refractivity contribution < 1.29 is 29.6 Å². The number of aromatic hydroxyl groups is 2. The molecule has 0 bridgehead atoms. The van der Waals surface area contributed by atoms with E-state index in [1.165, 1.54) is 0 Å². The number of ether oxygens (including phenoxy) is 1. The van der Waals surface area contributed by atoms with Gasteiger partial charge in [0.05, 0.1) is 18.9 Å². The number of H-pyrrole nitrogens is 1. The summed E-state index contributed by atoms with van der Waals surface area (Å²) in [6.45, 7) is 2.85. The smallest absolute Gasteiger partial charge is 0.165 e. The first-order valence-electron chi connectivity index (χ1n) is 18.1. The van der Waals surface area contributed by atoms with E-state index in [1.54, 1.807) is 55.7 Å². The molecule has 0 radical (unpaired) electrons. The van der Waals surface area contributed by atoms with Crippen LogP contribution in [-0.4, -0.2) is 51.1 Å². The first-order chi connectivity index (χ1) is 24.7. The van der Waals surface area contributed by atoms with Crippen LogP contribution >= 0.6 is 0 Å². The average molecular weight is 694 g/mol. The standard InChI is InChI=1S/C42H51N3O6/c1-28(46)7-5-3-2-4-6-8-34(47)13-9-29-11-16-39(49)41(24-29)51-22-19-30-10-15-38(48)37(23-30)36(26-40(50)33-17-20-44-27-33)31-12-14-35-32(25-31)18-21-45-42(35)43/h6,8,10-12,14-17,20,23-25,27-28,36,42,44-46,48-49H,2-5,7,9,13,18-19,21-22,26,43H2,1H3/b8-6-/t28-,36+,42+/m0/s1. The van der Waals surface area contributed by atoms with Crippen LogP contribution in [-0.2, 0) is 24.1 Å². The Morgan fingerprint density at radius 3 is 2.57 bits per heavy atom. The average Bonchev–Trinajstić information content (AvgIpc) is 3.67. The second-order valence-electron chi connectivity index (χ2n) is 13.6. The summed E-state index contributed by atoms with van der Waals surface area (Å²) in [6, 6.07) is 18.5. The SMILES string of the molecule is C[C@H](O)CCCCC/C=C\C(=O)CCc1ccc(O)c(OCCc2ccc(O)c([C@H](CC(=O)c3cc[nH]c3)c3ccc4c(c3)CCN[C@H]4N)c2)c1. The number of Topliss-reactive ketones (excluding diaryl/α,β-unsaturated/α-hetero) is 1. The number of hydrogen-bond acceptors (Lipinski definition) is 8. The fourth-order valence-electron chi connectivity index (χ4n) is 6.63. The fraction of sp³-hybridized carbons (Fsp3) is 0.381. The number of ketones is 2. The second kappa shape index (κ2) is 18.5. The largest absolute Gasteiger partial charge is 0.508 e. The number of fused-ring (bicyclic) bond motifs is 1. The summed E-state index contributed by atoms with van der Waals surface area (Å²) in [5.74, 6) is 0.134. The van der Waals surface area contributed by atoms with Crippen molar-refractivity contribution in [3.8, 4) is 17.2 Å². The van der Waals surface area contributed by atoms with Gasteiger partial charge in [-0.15, -0.1) is 0 Å². The topological polar surface area (TPSA) is 158 Å². The Labute approximate surface area is 300 Å². The van der Waals surface area contributed by atoms with Crippen molar-refractivity contribution in [3.05, 3.63) is 124 Å². The number of carbonyl (C=O) groups is 2. The van der Waals surface area contributed by atoms with Gasteiger partial charge in [-0.25, -0.2) is 0 Å². The summed E-state index contributed by atoms with van der Waals surface area (Å²) in [5.41, 5.74) is 12.5. The Morgan fingerprint density at radius 2 is 1.78 bits per heavy atom. The third kappa shape index (κ3) is 10.9. The van der Waals surface area contributed by atoms with Crippen molar-refractivity contribution in [2.75, 3.05) is 13.2 Å².